The molecule has 0 N–H and O–H groups in total. The first-order valence-electron chi connectivity index (χ1n) is 5.65. The first kappa shape index (κ1) is 11.1. The van der Waals surface area contributed by atoms with Gasteiger partial charge in [0.05, 0.1) is 5.75 Å². The van der Waals surface area contributed by atoms with E-state index in [0.717, 1.165) is 11.3 Å². The highest BCUT2D eigenvalue weighted by Crippen LogP contribution is 2.53. The fraction of sp³-hybridized carbons (Fsp3) is 0.462. The first-order valence-corrected chi connectivity index (χ1v) is 6.28. The minimum absolute atomic E-state index is 0.0261. The molecule has 1 aromatic rings. The average molecular weight is 250 g/mol. The minimum atomic E-state index is -0.285. The van der Waals surface area contributed by atoms with Gasteiger partial charge < -0.3 is 9.47 Å². The van der Waals surface area contributed by atoms with Gasteiger partial charge in [0.1, 0.15) is 23.6 Å². The van der Waals surface area contributed by atoms with Crippen LogP contribution in [-0.2, 0) is 4.74 Å². The van der Waals surface area contributed by atoms with Crippen LogP contribution in [0.1, 0.15) is 35.9 Å². The zero-order valence-corrected chi connectivity index (χ0v) is 10.7. The number of epoxide rings is 1. The number of fused-ring (bicyclic) bond motifs is 3. The second-order valence-corrected chi connectivity index (χ2v) is 5.33. The molecule has 2 heterocycles. The Balaban J connectivity index is 2.01. The lowest BCUT2D eigenvalue weighted by Gasteiger charge is -2.29. The summed E-state index contributed by atoms with van der Waals surface area (Å²) in [6.07, 6.45) is 0.192. The molecule has 4 heteroatoms. The molecule has 1 fully saturated rings. The van der Waals surface area contributed by atoms with Gasteiger partial charge in [0.15, 0.2) is 5.78 Å². The van der Waals surface area contributed by atoms with Crippen LogP contribution in [0.25, 0.3) is 0 Å². The van der Waals surface area contributed by atoms with E-state index < -0.39 is 0 Å². The van der Waals surface area contributed by atoms with E-state index in [1.165, 1.54) is 0 Å². The van der Waals surface area contributed by atoms with Gasteiger partial charge in [0.25, 0.3) is 0 Å². The molecule has 0 saturated carbocycles. The summed E-state index contributed by atoms with van der Waals surface area (Å²) in [6, 6.07) is 5.51. The number of ether oxygens (including phenoxy) is 2. The molecule has 0 radical (unpaired) electrons. The van der Waals surface area contributed by atoms with E-state index in [9.17, 15) is 4.79 Å². The molecule has 1 aromatic carbocycles. The van der Waals surface area contributed by atoms with Gasteiger partial charge in [0, 0.05) is 11.1 Å². The first-order chi connectivity index (χ1) is 8.03. The van der Waals surface area contributed by atoms with Gasteiger partial charge in [-0.25, -0.2) is 0 Å². The quantitative estimate of drug-likeness (QED) is 0.497. The van der Waals surface area contributed by atoms with Crippen molar-refractivity contribution in [2.75, 3.05) is 5.75 Å². The summed E-state index contributed by atoms with van der Waals surface area (Å²) in [4.78, 5) is 11.6. The highest BCUT2D eigenvalue weighted by atomic mass is 32.1. The standard InChI is InChI=1S/C13H14O3S/c1-13(2)12-11(15-12)8-5-7(9(14)6-17)3-4-10(8)16-13/h3-5,11-12,17H,6H2,1-2H3. The number of benzene rings is 1. The predicted octanol–water partition coefficient (Wildman–Crippen LogP) is 2.41. The van der Waals surface area contributed by atoms with Crippen molar-refractivity contribution >= 4 is 18.4 Å². The molecule has 0 amide bonds. The lowest BCUT2D eigenvalue weighted by molar-refractivity contribution is 0.0725. The smallest absolute Gasteiger partial charge is 0.172 e. The largest absolute Gasteiger partial charge is 0.485 e. The fourth-order valence-electron chi connectivity index (χ4n) is 2.35. The van der Waals surface area contributed by atoms with Crippen molar-refractivity contribution in [3.8, 4) is 5.75 Å². The van der Waals surface area contributed by atoms with E-state index in [2.05, 4.69) is 12.6 Å². The molecule has 0 bridgehead atoms. The van der Waals surface area contributed by atoms with Crippen LogP contribution in [-0.4, -0.2) is 23.2 Å². The highest BCUT2D eigenvalue weighted by molar-refractivity contribution is 7.81. The Kier molecular flexibility index (Phi) is 2.28. The summed E-state index contributed by atoms with van der Waals surface area (Å²) in [7, 11) is 0. The normalized spacial score (nSPS) is 27.7. The lowest BCUT2D eigenvalue weighted by Crippen LogP contribution is -2.37. The van der Waals surface area contributed by atoms with Crippen molar-refractivity contribution < 1.29 is 14.3 Å². The van der Waals surface area contributed by atoms with Crippen LogP contribution in [0.2, 0.25) is 0 Å². The Hall–Kier alpha value is -1.00. The van der Waals surface area contributed by atoms with E-state index in [4.69, 9.17) is 9.47 Å². The Bertz CT molecular complexity index is 495. The number of hydrogen-bond acceptors (Lipinski definition) is 4. The zero-order chi connectivity index (χ0) is 12.2. The van der Waals surface area contributed by atoms with Gasteiger partial charge in [-0.2, -0.15) is 12.6 Å². The van der Waals surface area contributed by atoms with Gasteiger partial charge >= 0.3 is 0 Å². The number of Topliss-reactive ketones (excluding diaryl/α,β-unsaturated/α-hetero) is 1. The summed E-state index contributed by atoms with van der Waals surface area (Å²) in [5.74, 6) is 1.07. The zero-order valence-electron chi connectivity index (χ0n) is 9.77. The van der Waals surface area contributed by atoms with Crippen LogP contribution in [0.4, 0.5) is 0 Å². The maximum Gasteiger partial charge on any atom is 0.172 e. The summed E-state index contributed by atoms with van der Waals surface area (Å²) in [5, 5.41) is 0. The topological polar surface area (TPSA) is 38.8 Å². The third-order valence-electron chi connectivity index (χ3n) is 3.33. The average Bonchev–Trinajstić information content (AvgIpc) is 3.08. The van der Waals surface area contributed by atoms with Gasteiger partial charge in [-0.3, -0.25) is 4.79 Å². The van der Waals surface area contributed by atoms with Crippen LogP contribution < -0.4 is 4.74 Å². The lowest BCUT2D eigenvalue weighted by atomic mass is 9.93. The maximum atomic E-state index is 11.6. The molecule has 3 rings (SSSR count). The Labute approximate surface area is 106 Å². The van der Waals surface area contributed by atoms with E-state index in [1.807, 2.05) is 26.0 Å². The van der Waals surface area contributed by atoms with Crippen LogP contribution in [0.3, 0.4) is 0 Å². The van der Waals surface area contributed by atoms with Crippen LogP contribution in [0, 0.1) is 0 Å². The van der Waals surface area contributed by atoms with E-state index in [-0.39, 0.29) is 29.3 Å². The second kappa shape index (κ2) is 3.50. The molecule has 2 aliphatic heterocycles. The monoisotopic (exact) mass is 250 g/mol. The number of thiol groups is 1. The molecule has 17 heavy (non-hydrogen) atoms. The fourth-order valence-corrected chi connectivity index (χ4v) is 2.53. The van der Waals surface area contributed by atoms with Gasteiger partial charge in [-0.1, -0.05) is 0 Å². The third kappa shape index (κ3) is 1.67. The van der Waals surface area contributed by atoms with Gasteiger partial charge in [-0.15, -0.1) is 0 Å². The molecule has 2 aliphatic rings. The summed E-state index contributed by atoms with van der Waals surface area (Å²) >= 11 is 4.00. The molecule has 2 unspecified atom stereocenters. The third-order valence-corrected chi connectivity index (χ3v) is 3.62. The molecule has 0 aromatic heterocycles. The van der Waals surface area contributed by atoms with E-state index in [0.29, 0.717) is 5.56 Å². The second-order valence-electron chi connectivity index (χ2n) is 5.02. The Morgan fingerprint density at radius 2 is 2.24 bits per heavy atom. The maximum absolute atomic E-state index is 11.6. The van der Waals surface area contributed by atoms with Crippen molar-refractivity contribution in [1.29, 1.82) is 0 Å². The summed E-state index contributed by atoms with van der Waals surface area (Å²) in [5.41, 5.74) is 1.38. The van der Waals surface area contributed by atoms with Gasteiger partial charge in [-0.05, 0) is 32.0 Å². The van der Waals surface area contributed by atoms with Crippen molar-refractivity contribution in [2.45, 2.75) is 31.7 Å². The molecule has 2 atom stereocenters. The molecular formula is C13H14O3S. The summed E-state index contributed by atoms with van der Waals surface area (Å²) < 4.78 is 11.5. The SMILES string of the molecule is CC1(C)Oc2ccc(C(=O)CS)cc2C2OC21. The van der Waals surface area contributed by atoms with Crippen molar-refractivity contribution in [3.05, 3.63) is 29.3 Å². The van der Waals surface area contributed by atoms with Crippen molar-refractivity contribution in [3.63, 3.8) is 0 Å². The van der Waals surface area contributed by atoms with Gasteiger partial charge in [0.2, 0.25) is 0 Å². The van der Waals surface area contributed by atoms with Crippen LogP contribution >= 0.6 is 12.6 Å². The number of ketones is 1. The molecule has 0 aliphatic carbocycles. The van der Waals surface area contributed by atoms with Crippen LogP contribution in [0.15, 0.2) is 18.2 Å². The van der Waals surface area contributed by atoms with Crippen molar-refractivity contribution in [1.82, 2.24) is 0 Å². The number of carbonyl (C=O) groups excluding carboxylic acids is 1. The number of carbonyl (C=O) groups is 1. The summed E-state index contributed by atoms with van der Waals surface area (Å²) in [6.45, 7) is 4.04. The Morgan fingerprint density at radius 3 is 2.94 bits per heavy atom. The van der Waals surface area contributed by atoms with Crippen LogP contribution in [0.5, 0.6) is 5.75 Å². The Morgan fingerprint density at radius 1 is 1.47 bits per heavy atom. The molecule has 90 valence electrons. The number of hydrogen-bond donors (Lipinski definition) is 1. The highest BCUT2D eigenvalue weighted by Gasteiger charge is 2.56. The van der Waals surface area contributed by atoms with Crippen molar-refractivity contribution in [2.24, 2.45) is 0 Å². The number of rotatable bonds is 2. The molecule has 1 saturated heterocycles. The molecule has 3 nitrogen and oxygen atoms in total. The predicted molar refractivity (Wildman–Crippen MR) is 66.9 cm³/mol. The minimum Gasteiger partial charge on any atom is -0.485 e. The molecular weight excluding hydrogens is 236 g/mol. The molecule has 0 spiro atoms. The van der Waals surface area contributed by atoms with E-state index >= 15 is 0 Å². The van der Waals surface area contributed by atoms with E-state index in [1.54, 1.807) is 6.07 Å².